The van der Waals surface area contributed by atoms with Gasteiger partial charge < -0.3 is 20.1 Å². The van der Waals surface area contributed by atoms with Crippen LogP contribution in [0.5, 0.6) is 0 Å². The summed E-state index contributed by atoms with van der Waals surface area (Å²) < 4.78 is 10.3. The van der Waals surface area contributed by atoms with Gasteiger partial charge in [-0.1, -0.05) is 23.7 Å². The van der Waals surface area contributed by atoms with Crippen LogP contribution in [0.1, 0.15) is 12.0 Å². The summed E-state index contributed by atoms with van der Waals surface area (Å²) in [6.07, 6.45) is 1.77. The van der Waals surface area contributed by atoms with Crippen molar-refractivity contribution in [3.05, 3.63) is 28.8 Å². The molecule has 0 fully saturated rings. The maximum Gasteiger partial charge on any atom is 0.0642 e. The summed E-state index contributed by atoms with van der Waals surface area (Å²) in [5, 5.41) is 0.768. The van der Waals surface area contributed by atoms with Crippen LogP contribution in [0.4, 0.5) is 5.69 Å². The molecule has 0 saturated heterocycles. The first kappa shape index (κ1) is 17.2. The minimum absolute atomic E-state index is 0.615. The van der Waals surface area contributed by atoms with E-state index in [1.807, 2.05) is 12.1 Å². The summed E-state index contributed by atoms with van der Waals surface area (Å²) in [4.78, 5) is 2.26. The van der Waals surface area contributed by atoms with Crippen molar-refractivity contribution in [1.29, 1.82) is 0 Å². The van der Waals surface area contributed by atoms with Crippen LogP contribution < -0.4 is 10.6 Å². The fourth-order valence-electron chi connectivity index (χ4n) is 2.21. The van der Waals surface area contributed by atoms with Crippen LogP contribution in [0.3, 0.4) is 0 Å². The fourth-order valence-corrected chi connectivity index (χ4v) is 2.52. The van der Waals surface area contributed by atoms with E-state index < -0.39 is 0 Å². The standard InChI is InChI=1S/C15H25ClN2O2/c1-19-11-4-9-18(10-12-20-2)15-13(7-8-17)5-3-6-14(15)16/h3,5-6H,4,7-12,17H2,1-2H3. The Morgan fingerprint density at radius 3 is 2.55 bits per heavy atom. The van der Waals surface area contributed by atoms with Gasteiger partial charge in [-0.2, -0.15) is 0 Å². The molecule has 0 spiro atoms. The molecule has 2 N–H and O–H groups in total. The Kier molecular flexibility index (Phi) is 8.62. The third-order valence-electron chi connectivity index (χ3n) is 3.14. The number of nitrogens with zero attached hydrogens (tertiary/aromatic N) is 1. The molecule has 4 nitrogen and oxygen atoms in total. The number of hydrogen-bond acceptors (Lipinski definition) is 4. The van der Waals surface area contributed by atoms with Gasteiger partial charge in [0.2, 0.25) is 0 Å². The molecule has 1 aromatic rings. The summed E-state index contributed by atoms with van der Waals surface area (Å²) in [6, 6.07) is 5.98. The second kappa shape index (κ2) is 10.00. The highest BCUT2D eigenvalue weighted by molar-refractivity contribution is 6.33. The summed E-state index contributed by atoms with van der Waals surface area (Å²) in [6.45, 7) is 3.71. The van der Waals surface area contributed by atoms with Gasteiger partial charge in [0.15, 0.2) is 0 Å². The van der Waals surface area contributed by atoms with Crippen molar-refractivity contribution in [2.75, 3.05) is 52.0 Å². The SMILES string of the molecule is COCCCN(CCOC)c1c(Cl)cccc1CCN. The topological polar surface area (TPSA) is 47.7 Å². The van der Waals surface area contributed by atoms with Gasteiger partial charge in [-0.25, -0.2) is 0 Å². The monoisotopic (exact) mass is 300 g/mol. The molecule has 0 amide bonds. The van der Waals surface area contributed by atoms with E-state index in [-0.39, 0.29) is 0 Å². The smallest absolute Gasteiger partial charge is 0.0642 e. The van der Waals surface area contributed by atoms with E-state index in [4.69, 9.17) is 26.8 Å². The van der Waals surface area contributed by atoms with Crippen LogP contribution in [-0.2, 0) is 15.9 Å². The number of anilines is 1. The van der Waals surface area contributed by atoms with Crippen molar-refractivity contribution in [3.8, 4) is 0 Å². The molecule has 0 radical (unpaired) electrons. The quantitative estimate of drug-likeness (QED) is 0.674. The highest BCUT2D eigenvalue weighted by Crippen LogP contribution is 2.30. The lowest BCUT2D eigenvalue weighted by Crippen LogP contribution is -2.30. The molecular formula is C15H25ClN2O2. The Morgan fingerprint density at radius 2 is 1.90 bits per heavy atom. The van der Waals surface area contributed by atoms with Gasteiger partial charge >= 0.3 is 0 Å². The third-order valence-corrected chi connectivity index (χ3v) is 3.45. The van der Waals surface area contributed by atoms with E-state index in [1.165, 1.54) is 5.56 Å². The number of hydrogen-bond donors (Lipinski definition) is 1. The van der Waals surface area contributed by atoms with Crippen molar-refractivity contribution >= 4 is 17.3 Å². The van der Waals surface area contributed by atoms with Gasteiger partial charge in [0.05, 0.1) is 17.3 Å². The minimum atomic E-state index is 0.615. The number of para-hydroxylation sites is 1. The molecule has 1 rings (SSSR count). The zero-order chi connectivity index (χ0) is 14.8. The van der Waals surface area contributed by atoms with E-state index in [0.717, 1.165) is 43.2 Å². The molecule has 0 aliphatic rings. The molecule has 0 saturated carbocycles. The first-order valence-corrected chi connectivity index (χ1v) is 7.32. The van der Waals surface area contributed by atoms with Crippen molar-refractivity contribution in [1.82, 2.24) is 0 Å². The van der Waals surface area contributed by atoms with Gasteiger partial charge in [0.1, 0.15) is 0 Å². The zero-order valence-corrected chi connectivity index (χ0v) is 13.2. The minimum Gasteiger partial charge on any atom is -0.385 e. The highest BCUT2D eigenvalue weighted by atomic mass is 35.5. The molecular weight excluding hydrogens is 276 g/mol. The van der Waals surface area contributed by atoms with E-state index in [2.05, 4.69) is 11.0 Å². The molecule has 0 heterocycles. The fraction of sp³-hybridized carbons (Fsp3) is 0.600. The maximum atomic E-state index is 6.40. The van der Waals surface area contributed by atoms with Crippen molar-refractivity contribution in [2.24, 2.45) is 5.73 Å². The lowest BCUT2D eigenvalue weighted by molar-refractivity contribution is 0.191. The van der Waals surface area contributed by atoms with Gasteiger partial charge in [-0.05, 0) is 31.0 Å². The number of benzene rings is 1. The molecule has 0 atom stereocenters. The Bertz CT molecular complexity index is 388. The van der Waals surface area contributed by atoms with Crippen molar-refractivity contribution < 1.29 is 9.47 Å². The Labute approximate surface area is 126 Å². The normalized spacial score (nSPS) is 10.8. The maximum absolute atomic E-state index is 6.40. The molecule has 20 heavy (non-hydrogen) atoms. The first-order valence-electron chi connectivity index (χ1n) is 6.94. The molecule has 1 aromatic carbocycles. The number of rotatable bonds is 10. The van der Waals surface area contributed by atoms with Crippen LogP contribution in [0.2, 0.25) is 5.02 Å². The number of methoxy groups -OCH3 is 2. The Morgan fingerprint density at radius 1 is 1.15 bits per heavy atom. The van der Waals surface area contributed by atoms with Crippen LogP contribution >= 0.6 is 11.6 Å². The van der Waals surface area contributed by atoms with Crippen LogP contribution in [-0.4, -0.2) is 47.1 Å². The van der Waals surface area contributed by atoms with E-state index in [9.17, 15) is 0 Å². The average Bonchev–Trinajstić information content (AvgIpc) is 2.44. The van der Waals surface area contributed by atoms with Gasteiger partial charge in [0, 0.05) is 33.9 Å². The summed E-state index contributed by atoms with van der Waals surface area (Å²) in [5.41, 5.74) is 7.96. The van der Waals surface area contributed by atoms with Crippen LogP contribution in [0.15, 0.2) is 18.2 Å². The molecule has 0 bridgehead atoms. The van der Waals surface area contributed by atoms with Gasteiger partial charge in [-0.15, -0.1) is 0 Å². The van der Waals surface area contributed by atoms with Crippen LogP contribution in [0.25, 0.3) is 0 Å². The van der Waals surface area contributed by atoms with Crippen molar-refractivity contribution in [2.45, 2.75) is 12.8 Å². The highest BCUT2D eigenvalue weighted by Gasteiger charge is 2.14. The second-order valence-corrected chi connectivity index (χ2v) is 5.02. The molecule has 0 aromatic heterocycles. The lowest BCUT2D eigenvalue weighted by Gasteiger charge is -2.28. The second-order valence-electron chi connectivity index (χ2n) is 4.61. The molecule has 114 valence electrons. The average molecular weight is 301 g/mol. The van der Waals surface area contributed by atoms with Crippen LogP contribution in [0, 0.1) is 0 Å². The molecule has 0 aliphatic carbocycles. The number of halogens is 1. The lowest BCUT2D eigenvalue weighted by atomic mass is 10.1. The Balaban J connectivity index is 2.91. The summed E-state index contributed by atoms with van der Waals surface area (Å²) in [5.74, 6) is 0. The van der Waals surface area contributed by atoms with Gasteiger partial charge in [0.25, 0.3) is 0 Å². The van der Waals surface area contributed by atoms with Gasteiger partial charge in [-0.3, -0.25) is 0 Å². The van der Waals surface area contributed by atoms with E-state index in [1.54, 1.807) is 14.2 Å². The van der Waals surface area contributed by atoms with E-state index >= 15 is 0 Å². The Hall–Kier alpha value is -0.810. The third kappa shape index (κ3) is 5.29. The predicted octanol–water partition coefficient (Wildman–Crippen LogP) is 2.33. The number of nitrogens with two attached hydrogens (primary N) is 1. The molecule has 0 unspecified atom stereocenters. The van der Waals surface area contributed by atoms with E-state index in [0.29, 0.717) is 13.2 Å². The molecule has 0 aliphatic heterocycles. The predicted molar refractivity (Wildman–Crippen MR) is 84.8 cm³/mol. The van der Waals surface area contributed by atoms with Crippen molar-refractivity contribution in [3.63, 3.8) is 0 Å². The summed E-state index contributed by atoms with van der Waals surface area (Å²) in [7, 11) is 3.43. The first-order chi connectivity index (χ1) is 9.74. The summed E-state index contributed by atoms with van der Waals surface area (Å²) >= 11 is 6.40. The largest absolute Gasteiger partial charge is 0.385 e. The number of ether oxygens (including phenoxy) is 2. The molecule has 5 heteroatoms. The zero-order valence-electron chi connectivity index (χ0n) is 12.4.